The molecule has 0 unspecified atom stereocenters. The fourth-order valence-corrected chi connectivity index (χ4v) is 4.83. The lowest BCUT2D eigenvalue weighted by Crippen LogP contribution is -2.49. The molecule has 6 rings (SSSR count). The molecule has 2 N–H and O–H groups in total. The number of halogens is 1. The third-order valence-corrected chi connectivity index (χ3v) is 7.13. The van der Waals surface area contributed by atoms with Crippen LogP contribution < -0.4 is 10.6 Å². The van der Waals surface area contributed by atoms with Crippen molar-refractivity contribution in [3.05, 3.63) is 88.8 Å². The zero-order chi connectivity index (χ0) is 27.1. The molecule has 39 heavy (non-hydrogen) atoms. The summed E-state index contributed by atoms with van der Waals surface area (Å²) in [6.45, 7) is 3.83. The average Bonchev–Trinajstić information content (AvgIpc) is 3.51. The van der Waals surface area contributed by atoms with Crippen LogP contribution >= 0.6 is 11.6 Å². The topological polar surface area (TPSA) is 128 Å². The second kappa shape index (κ2) is 9.63. The predicted octanol–water partition coefficient (Wildman–Crippen LogP) is 4.32. The SMILES string of the molecule is Cc1cnc(C(=O)NC2(C(=O)NCc3ccc(-n4c(-c5noc(C)n5)c(Cl)c5ccccc54)cc3)CC2)cn1. The molecule has 0 radical (unpaired) electrons. The van der Waals surface area contributed by atoms with E-state index in [1.165, 1.54) is 12.4 Å². The second-order valence-electron chi connectivity index (χ2n) is 9.58. The van der Waals surface area contributed by atoms with Gasteiger partial charge in [0.1, 0.15) is 16.9 Å². The van der Waals surface area contributed by atoms with E-state index in [2.05, 4.69) is 30.7 Å². The molecule has 5 aromatic rings. The Labute approximate surface area is 228 Å². The summed E-state index contributed by atoms with van der Waals surface area (Å²) in [5, 5.41) is 11.3. The first-order chi connectivity index (χ1) is 18.8. The maximum Gasteiger partial charge on any atom is 0.272 e. The van der Waals surface area contributed by atoms with Crippen molar-refractivity contribution in [3.63, 3.8) is 0 Å². The second-order valence-corrected chi connectivity index (χ2v) is 9.96. The Morgan fingerprint density at radius 3 is 2.49 bits per heavy atom. The Morgan fingerprint density at radius 2 is 1.82 bits per heavy atom. The molecule has 2 amide bonds. The highest BCUT2D eigenvalue weighted by atomic mass is 35.5. The highest BCUT2D eigenvalue weighted by molar-refractivity contribution is 6.38. The zero-order valence-electron chi connectivity index (χ0n) is 21.2. The molecule has 10 nitrogen and oxygen atoms in total. The summed E-state index contributed by atoms with van der Waals surface area (Å²) in [6.07, 6.45) is 4.08. The summed E-state index contributed by atoms with van der Waals surface area (Å²) in [4.78, 5) is 38.1. The number of carbonyl (C=O) groups excluding carboxylic acids is 2. The van der Waals surface area contributed by atoms with E-state index in [-0.39, 0.29) is 11.6 Å². The van der Waals surface area contributed by atoms with Crippen LogP contribution in [-0.4, -0.2) is 42.0 Å². The van der Waals surface area contributed by atoms with Gasteiger partial charge in [0.2, 0.25) is 17.6 Å². The number of aryl methyl sites for hydroxylation is 2. The quantitative estimate of drug-likeness (QED) is 0.314. The minimum atomic E-state index is -0.915. The summed E-state index contributed by atoms with van der Waals surface area (Å²) in [6, 6.07) is 15.6. The molecule has 0 atom stereocenters. The summed E-state index contributed by atoms with van der Waals surface area (Å²) in [7, 11) is 0. The Hall–Kier alpha value is -4.57. The van der Waals surface area contributed by atoms with Crippen LogP contribution in [0.5, 0.6) is 0 Å². The fourth-order valence-electron chi connectivity index (χ4n) is 4.50. The third kappa shape index (κ3) is 4.63. The van der Waals surface area contributed by atoms with Gasteiger partial charge in [-0.05, 0) is 43.5 Å². The van der Waals surface area contributed by atoms with Crippen LogP contribution in [0.25, 0.3) is 28.1 Å². The number of nitrogens with zero attached hydrogens (tertiary/aromatic N) is 5. The molecule has 0 spiro atoms. The number of rotatable bonds is 7. The lowest BCUT2D eigenvalue weighted by Gasteiger charge is -2.17. The van der Waals surface area contributed by atoms with Gasteiger partial charge in [0.15, 0.2) is 0 Å². The van der Waals surface area contributed by atoms with Crippen LogP contribution in [0.3, 0.4) is 0 Å². The number of carbonyl (C=O) groups is 2. The standard InChI is InChI=1S/C28H24ClN7O3/c1-16-13-31-21(15-30-16)26(37)34-28(11-12-28)27(38)32-14-18-7-9-19(10-8-18)36-22-6-4-3-5-20(22)23(29)24(36)25-33-17(2)39-35-25/h3-10,13,15H,11-12,14H2,1-2H3,(H,32,38)(H,34,37). The highest BCUT2D eigenvalue weighted by Gasteiger charge is 2.51. The van der Waals surface area contributed by atoms with E-state index in [0.717, 1.165) is 22.2 Å². The minimum Gasteiger partial charge on any atom is -0.350 e. The largest absolute Gasteiger partial charge is 0.350 e. The number of amides is 2. The first-order valence-corrected chi connectivity index (χ1v) is 12.8. The zero-order valence-corrected chi connectivity index (χ0v) is 22.0. The summed E-state index contributed by atoms with van der Waals surface area (Å²) < 4.78 is 7.21. The molecule has 0 aliphatic heterocycles. The predicted molar refractivity (Wildman–Crippen MR) is 144 cm³/mol. The molecule has 2 aromatic carbocycles. The van der Waals surface area contributed by atoms with Crippen molar-refractivity contribution >= 4 is 34.3 Å². The van der Waals surface area contributed by atoms with Crippen molar-refractivity contribution in [2.24, 2.45) is 0 Å². The smallest absolute Gasteiger partial charge is 0.272 e. The van der Waals surface area contributed by atoms with Gasteiger partial charge in [-0.2, -0.15) is 4.98 Å². The Morgan fingerprint density at radius 1 is 1.05 bits per heavy atom. The van der Waals surface area contributed by atoms with Crippen LogP contribution in [0.1, 0.15) is 40.5 Å². The molecule has 3 aromatic heterocycles. The molecule has 1 fully saturated rings. The molecule has 3 heterocycles. The Balaban J connectivity index is 1.19. The van der Waals surface area contributed by atoms with E-state index in [1.54, 1.807) is 13.8 Å². The Bertz CT molecular complexity index is 1700. The van der Waals surface area contributed by atoms with Gasteiger partial charge in [-0.25, -0.2) is 4.98 Å². The van der Waals surface area contributed by atoms with Gasteiger partial charge >= 0.3 is 0 Å². The molecule has 196 valence electrons. The van der Waals surface area contributed by atoms with Crippen molar-refractivity contribution < 1.29 is 14.1 Å². The van der Waals surface area contributed by atoms with Gasteiger partial charge in [0.05, 0.1) is 22.4 Å². The molecule has 0 bridgehead atoms. The van der Waals surface area contributed by atoms with Gasteiger partial charge in [-0.3, -0.25) is 14.6 Å². The molecular weight excluding hydrogens is 518 g/mol. The number of para-hydroxylation sites is 1. The van der Waals surface area contributed by atoms with Crippen LogP contribution in [-0.2, 0) is 11.3 Å². The van der Waals surface area contributed by atoms with Crippen molar-refractivity contribution in [1.29, 1.82) is 0 Å². The molecule has 1 saturated carbocycles. The van der Waals surface area contributed by atoms with Crippen molar-refractivity contribution in [2.75, 3.05) is 0 Å². The lowest BCUT2D eigenvalue weighted by atomic mass is 10.1. The van der Waals surface area contributed by atoms with E-state index in [4.69, 9.17) is 16.1 Å². The molecule has 0 saturated heterocycles. The van der Waals surface area contributed by atoms with Crippen molar-refractivity contribution in [3.8, 4) is 17.2 Å². The van der Waals surface area contributed by atoms with Crippen molar-refractivity contribution in [2.45, 2.75) is 38.8 Å². The number of hydrogen-bond acceptors (Lipinski definition) is 7. The van der Waals surface area contributed by atoms with E-state index in [1.807, 2.05) is 53.1 Å². The monoisotopic (exact) mass is 541 g/mol. The van der Waals surface area contributed by atoms with Gasteiger partial charge in [-0.1, -0.05) is 47.1 Å². The first kappa shape index (κ1) is 24.7. The average molecular weight is 542 g/mol. The molecular formula is C28H24ClN7O3. The molecule has 1 aliphatic rings. The minimum absolute atomic E-state index is 0.184. The van der Waals surface area contributed by atoms with Crippen LogP contribution in [0.15, 0.2) is 65.4 Å². The Kier molecular flexibility index (Phi) is 6.11. The summed E-state index contributed by atoms with van der Waals surface area (Å²) in [5.41, 5.74) is 3.29. The lowest BCUT2D eigenvalue weighted by molar-refractivity contribution is -0.124. The third-order valence-electron chi connectivity index (χ3n) is 6.75. The normalized spacial score (nSPS) is 13.8. The van der Waals surface area contributed by atoms with Gasteiger partial charge in [0, 0.05) is 30.7 Å². The van der Waals surface area contributed by atoms with Crippen LogP contribution in [0, 0.1) is 13.8 Å². The number of hydrogen-bond donors (Lipinski definition) is 2. The van der Waals surface area contributed by atoms with E-state index < -0.39 is 11.4 Å². The van der Waals surface area contributed by atoms with Gasteiger partial charge < -0.3 is 19.7 Å². The number of fused-ring (bicyclic) bond motifs is 1. The van der Waals surface area contributed by atoms with Crippen molar-refractivity contribution in [1.82, 2.24) is 35.3 Å². The number of nitrogens with one attached hydrogen (secondary N) is 2. The maximum atomic E-state index is 13.0. The van der Waals surface area contributed by atoms with Gasteiger partial charge in [0.25, 0.3) is 5.91 Å². The first-order valence-electron chi connectivity index (χ1n) is 12.4. The van der Waals surface area contributed by atoms with E-state index in [0.29, 0.717) is 47.5 Å². The highest BCUT2D eigenvalue weighted by Crippen LogP contribution is 2.39. The summed E-state index contributed by atoms with van der Waals surface area (Å²) in [5.74, 6) is 0.210. The van der Waals surface area contributed by atoms with Gasteiger partial charge in [-0.15, -0.1) is 0 Å². The maximum absolute atomic E-state index is 13.0. The van der Waals surface area contributed by atoms with Crippen LogP contribution in [0.4, 0.5) is 0 Å². The fraction of sp³-hybridized carbons (Fsp3) is 0.214. The number of benzene rings is 2. The van der Waals surface area contributed by atoms with Crippen LogP contribution in [0.2, 0.25) is 5.02 Å². The molecule has 1 aliphatic carbocycles. The van der Waals surface area contributed by atoms with E-state index in [9.17, 15) is 9.59 Å². The summed E-state index contributed by atoms with van der Waals surface area (Å²) >= 11 is 6.78. The molecule has 11 heteroatoms. The number of aromatic nitrogens is 5. The van der Waals surface area contributed by atoms with E-state index >= 15 is 0 Å².